The van der Waals surface area contributed by atoms with Crippen molar-refractivity contribution in [3.8, 4) is 0 Å². The molecule has 0 aliphatic carbocycles. The van der Waals surface area contributed by atoms with Gasteiger partial charge in [-0.25, -0.2) is 0 Å². The molecule has 3 aromatic carbocycles. The second kappa shape index (κ2) is 19.1. The van der Waals surface area contributed by atoms with E-state index in [4.69, 9.17) is 22.0 Å². The minimum absolute atomic E-state index is 0.0441. The maximum atomic E-state index is 12.9. The predicted octanol–water partition coefficient (Wildman–Crippen LogP) is 1.20. The molecule has 0 aromatic heterocycles. The number of nitrogens with zero attached hydrogens (tertiary/aromatic N) is 4. The van der Waals surface area contributed by atoms with Gasteiger partial charge >= 0.3 is 0 Å². The molecule has 3 amide bonds. The Hall–Kier alpha value is -5.01. The first-order chi connectivity index (χ1) is 23.6. The number of rotatable bonds is 16. The SMILES string of the molecule is C=O.CN(CC(=O)NCC(=O)NC(CCCN=C(N)N)C(N)=O)CC1(N(C)c2ccccc2)CCN(Cc2cccc3ccccc23)CC1. The average Bonchev–Trinajstić information content (AvgIpc) is 3.10. The number of fused-ring (bicyclic) bond motifs is 1. The number of piperidine rings is 1. The highest BCUT2D eigenvalue weighted by atomic mass is 16.2. The summed E-state index contributed by atoms with van der Waals surface area (Å²) in [7, 11) is 4.07. The number of hydrogen-bond acceptors (Lipinski definition) is 8. The number of guanidine groups is 1. The minimum Gasteiger partial charge on any atom is -0.370 e. The van der Waals surface area contributed by atoms with Crippen LogP contribution in [0.3, 0.4) is 0 Å². The molecule has 1 atom stereocenters. The van der Waals surface area contributed by atoms with Crippen molar-refractivity contribution in [3.63, 3.8) is 0 Å². The molecule has 49 heavy (non-hydrogen) atoms. The minimum atomic E-state index is -0.879. The summed E-state index contributed by atoms with van der Waals surface area (Å²) in [4.78, 5) is 56.0. The van der Waals surface area contributed by atoms with Gasteiger partial charge in [0.1, 0.15) is 12.8 Å². The molecule has 0 spiro atoms. The zero-order chi connectivity index (χ0) is 35.8. The molecule has 1 fully saturated rings. The summed E-state index contributed by atoms with van der Waals surface area (Å²) in [6.45, 7) is 5.58. The van der Waals surface area contributed by atoms with Crippen molar-refractivity contribution in [2.24, 2.45) is 22.2 Å². The number of nitrogens with two attached hydrogens (primary N) is 3. The summed E-state index contributed by atoms with van der Waals surface area (Å²) in [5.74, 6) is -1.48. The van der Waals surface area contributed by atoms with Crippen molar-refractivity contribution < 1.29 is 19.2 Å². The Morgan fingerprint density at radius 2 is 1.57 bits per heavy atom. The van der Waals surface area contributed by atoms with Crippen molar-refractivity contribution in [1.82, 2.24) is 20.4 Å². The van der Waals surface area contributed by atoms with Crippen LogP contribution in [-0.2, 0) is 25.7 Å². The van der Waals surface area contributed by atoms with Crippen molar-refractivity contribution in [3.05, 3.63) is 78.4 Å². The highest BCUT2D eigenvalue weighted by molar-refractivity contribution is 5.90. The normalized spacial score (nSPS) is 14.6. The van der Waals surface area contributed by atoms with E-state index in [1.165, 1.54) is 16.3 Å². The molecule has 1 heterocycles. The van der Waals surface area contributed by atoms with Gasteiger partial charge in [-0.3, -0.25) is 29.2 Å². The summed E-state index contributed by atoms with van der Waals surface area (Å²) in [5.41, 5.74) is 18.3. The number of anilines is 1. The topological polar surface area (TPSA) is 192 Å². The number of amides is 3. The standard InChI is InChI=1S/C35H49N9O3.CH2O/c1-42(24-32(46)40-22-31(45)41-30(33(36)47)16-9-19-39-34(37)38)25-35(43(2)28-13-4-3-5-14-28)17-20-44(21-18-35)23-27-12-8-11-26-10-6-7-15-29(26)27;1-2/h3-8,10-15,30H,9,16-25H2,1-2H3,(H2,36,47)(H,40,46)(H,41,45)(H4,37,38,39);1H2. The van der Waals surface area contributed by atoms with Crippen LogP contribution in [0.25, 0.3) is 10.8 Å². The molecule has 0 radical (unpaired) electrons. The number of para-hydroxylation sites is 1. The van der Waals surface area contributed by atoms with E-state index < -0.39 is 17.9 Å². The van der Waals surface area contributed by atoms with Crippen molar-refractivity contribution >= 4 is 46.9 Å². The number of carbonyl (C=O) groups excluding carboxylic acids is 4. The Bertz CT molecular complexity index is 1530. The van der Waals surface area contributed by atoms with Crippen LogP contribution in [0.5, 0.6) is 0 Å². The van der Waals surface area contributed by atoms with Crippen LogP contribution in [-0.4, -0.2) is 105 Å². The van der Waals surface area contributed by atoms with E-state index in [1.807, 2.05) is 36.9 Å². The molecule has 264 valence electrons. The fraction of sp³-hybridized carbons (Fsp3) is 0.417. The third kappa shape index (κ3) is 11.6. The highest BCUT2D eigenvalue weighted by Gasteiger charge is 2.39. The second-order valence-corrected chi connectivity index (χ2v) is 12.5. The molecular weight excluding hydrogens is 622 g/mol. The number of likely N-dealkylation sites (N-methyl/N-ethyl adjacent to an activating group) is 2. The molecule has 4 rings (SSSR count). The molecule has 1 aliphatic heterocycles. The molecule has 0 saturated carbocycles. The number of nitrogens with one attached hydrogen (secondary N) is 2. The van der Waals surface area contributed by atoms with Gasteiger partial charge < -0.3 is 37.5 Å². The molecule has 1 saturated heterocycles. The van der Waals surface area contributed by atoms with Crippen LogP contribution in [0.2, 0.25) is 0 Å². The van der Waals surface area contributed by atoms with Gasteiger partial charge in [0.2, 0.25) is 17.7 Å². The average molecular weight is 674 g/mol. The van der Waals surface area contributed by atoms with E-state index in [1.54, 1.807) is 0 Å². The first-order valence-corrected chi connectivity index (χ1v) is 16.4. The molecule has 1 unspecified atom stereocenters. The number of benzene rings is 3. The first-order valence-electron chi connectivity index (χ1n) is 16.4. The second-order valence-electron chi connectivity index (χ2n) is 12.5. The van der Waals surface area contributed by atoms with Gasteiger partial charge in [-0.1, -0.05) is 60.7 Å². The first kappa shape index (κ1) is 38.4. The van der Waals surface area contributed by atoms with Gasteiger partial charge in [-0.2, -0.15) is 0 Å². The zero-order valence-corrected chi connectivity index (χ0v) is 28.6. The third-order valence-corrected chi connectivity index (χ3v) is 8.96. The van der Waals surface area contributed by atoms with Gasteiger partial charge in [0.15, 0.2) is 5.96 Å². The molecular formula is C36H51N9O4. The highest BCUT2D eigenvalue weighted by Crippen LogP contribution is 2.34. The Kier molecular flexibility index (Phi) is 15.0. The number of carbonyl (C=O) groups is 4. The van der Waals surface area contributed by atoms with Gasteiger partial charge in [-0.05, 0) is 61.2 Å². The zero-order valence-electron chi connectivity index (χ0n) is 28.6. The van der Waals surface area contributed by atoms with Gasteiger partial charge in [0.25, 0.3) is 0 Å². The van der Waals surface area contributed by atoms with Crippen molar-refractivity contribution in [1.29, 1.82) is 0 Å². The lowest BCUT2D eigenvalue weighted by atomic mass is 9.84. The van der Waals surface area contributed by atoms with E-state index in [0.29, 0.717) is 19.5 Å². The molecule has 8 N–H and O–H groups in total. The maximum Gasteiger partial charge on any atom is 0.240 e. The van der Waals surface area contributed by atoms with Gasteiger partial charge in [0.05, 0.1) is 18.6 Å². The van der Waals surface area contributed by atoms with Crippen LogP contribution < -0.4 is 32.7 Å². The molecule has 3 aromatic rings. The third-order valence-electron chi connectivity index (χ3n) is 8.96. The largest absolute Gasteiger partial charge is 0.370 e. The molecule has 1 aliphatic rings. The Labute approximate surface area is 288 Å². The summed E-state index contributed by atoms with van der Waals surface area (Å²) >= 11 is 0. The summed E-state index contributed by atoms with van der Waals surface area (Å²) in [5, 5.41) is 7.81. The van der Waals surface area contributed by atoms with Crippen LogP contribution in [0, 0.1) is 0 Å². The van der Waals surface area contributed by atoms with Crippen LogP contribution in [0.1, 0.15) is 31.2 Å². The molecule has 13 heteroatoms. The van der Waals surface area contributed by atoms with Crippen molar-refractivity contribution in [2.75, 3.05) is 58.3 Å². The maximum absolute atomic E-state index is 12.9. The lowest BCUT2D eigenvalue weighted by molar-refractivity contribution is -0.129. The van der Waals surface area contributed by atoms with Crippen LogP contribution >= 0.6 is 0 Å². The van der Waals surface area contributed by atoms with Crippen LogP contribution in [0.4, 0.5) is 5.69 Å². The van der Waals surface area contributed by atoms with E-state index >= 15 is 0 Å². The van der Waals surface area contributed by atoms with Crippen molar-refractivity contribution in [2.45, 2.75) is 43.8 Å². The fourth-order valence-corrected chi connectivity index (χ4v) is 6.40. The molecule has 13 nitrogen and oxygen atoms in total. The Morgan fingerprint density at radius 3 is 2.24 bits per heavy atom. The van der Waals surface area contributed by atoms with Gasteiger partial charge in [0, 0.05) is 45.5 Å². The monoisotopic (exact) mass is 673 g/mol. The fourth-order valence-electron chi connectivity index (χ4n) is 6.40. The predicted molar refractivity (Wildman–Crippen MR) is 195 cm³/mol. The molecule has 0 bridgehead atoms. The van der Waals surface area contributed by atoms with E-state index in [2.05, 4.69) is 87.1 Å². The van der Waals surface area contributed by atoms with Crippen LogP contribution in [0.15, 0.2) is 77.8 Å². The lowest BCUT2D eigenvalue weighted by Gasteiger charge is -2.50. The van der Waals surface area contributed by atoms with E-state index in [9.17, 15) is 14.4 Å². The van der Waals surface area contributed by atoms with E-state index in [-0.39, 0.29) is 36.9 Å². The number of likely N-dealkylation sites (tertiary alicyclic amines) is 1. The summed E-state index contributed by atoms with van der Waals surface area (Å²) < 4.78 is 0. The van der Waals surface area contributed by atoms with E-state index in [0.717, 1.165) is 38.2 Å². The summed E-state index contributed by atoms with van der Waals surface area (Å²) in [6.07, 6.45) is 2.60. The Morgan fingerprint density at radius 1 is 0.918 bits per heavy atom. The number of hydrogen-bond donors (Lipinski definition) is 5. The quantitative estimate of drug-likeness (QED) is 0.0844. The lowest BCUT2D eigenvalue weighted by Crippen LogP contribution is -2.60. The smallest absolute Gasteiger partial charge is 0.240 e. The summed E-state index contributed by atoms with van der Waals surface area (Å²) in [6, 6.07) is 24.5. The Balaban J connectivity index is 0.00000319. The number of aliphatic imine (C=N–C) groups is 1. The van der Waals surface area contributed by atoms with Gasteiger partial charge in [-0.15, -0.1) is 0 Å². The number of primary amides is 1.